The second-order valence-corrected chi connectivity index (χ2v) is 3.15. The Morgan fingerprint density at radius 2 is 2.24 bits per heavy atom. The maximum Gasteiger partial charge on any atom is 0.387 e. The first-order valence-corrected chi connectivity index (χ1v) is 4.74. The molecule has 0 spiro atoms. The Bertz CT molecular complexity index is 480. The molecule has 6 heteroatoms. The van der Waals surface area contributed by atoms with Gasteiger partial charge in [0.2, 0.25) is 0 Å². The van der Waals surface area contributed by atoms with Crippen molar-refractivity contribution in [2.45, 2.75) is 20.0 Å². The van der Waals surface area contributed by atoms with Gasteiger partial charge in [-0.1, -0.05) is 6.92 Å². The smallest absolute Gasteiger partial charge is 0.387 e. The van der Waals surface area contributed by atoms with Crippen molar-refractivity contribution in [1.82, 2.24) is 0 Å². The summed E-state index contributed by atoms with van der Waals surface area (Å²) in [6.45, 7) is -1.38. The molecule has 0 amide bonds. The third-order valence-electron chi connectivity index (χ3n) is 2.15. The molecule has 90 valence electrons. The second-order valence-electron chi connectivity index (χ2n) is 3.15. The molecule has 0 unspecified atom stereocenters. The largest absolute Gasteiger partial charge is 0.478 e. The lowest BCUT2D eigenvalue weighted by atomic mass is 9.99. The van der Waals surface area contributed by atoms with Crippen molar-refractivity contribution in [3.05, 3.63) is 28.8 Å². The number of alkyl halides is 2. The van der Waals surface area contributed by atoms with E-state index in [2.05, 4.69) is 4.74 Å². The minimum Gasteiger partial charge on any atom is -0.478 e. The van der Waals surface area contributed by atoms with Gasteiger partial charge >= 0.3 is 12.6 Å². The molecule has 1 rings (SSSR count). The normalized spacial score (nSPS) is 10.1. The van der Waals surface area contributed by atoms with Crippen molar-refractivity contribution in [3.8, 4) is 11.8 Å². The molecule has 0 fully saturated rings. The third-order valence-corrected chi connectivity index (χ3v) is 2.15. The lowest BCUT2D eigenvalue weighted by Gasteiger charge is -2.10. The van der Waals surface area contributed by atoms with Crippen LogP contribution in [0, 0.1) is 11.3 Å². The van der Waals surface area contributed by atoms with Crippen LogP contribution in [-0.2, 0) is 6.42 Å². The lowest BCUT2D eigenvalue weighted by Crippen LogP contribution is -2.08. The molecule has 0 heterocycles. The molecule has 0 bridgehead atoms. The molecule has 0 aliphatic rings. The van der Waals surface area contributed by atoms with Crippen molar-refractivity contribution in [2.24, 2.45) is 0 Å². The van der Waals surface area contributed by atoms with Crippen LogP contribution in [0.3, 0.4) is 0 Å². The number of benzene rings is 1. The summed E-state index contributed by atoms with van der Waals surface area (Å²) in [6.07, 6.45) is 0.319. The minimum atomic E-state index is -3.06. The number of halogens is 2. The molecule has 0 atom stereocenters. The van der Waals surface area contributed by atoms with Crippen molar-refractivity contribution in [3.63, 3.8) is 0 Å². The van der Waals surface area contributed by atoms with Crippen LogP contribution in [0.4, 0.5) is 8.78 Å². The number of hydrogen-bond acceptors (Lipinski definition) is 3. The highest BCUT2D eigenvalue weighted by Gasteiger charge is 2.17. The fraction of sp³-hybridized carbons (Fsp3) is 0.273. The summed E-state index contributed by atoms with van der Waals surface area (Å²) in [6, 6.07) is 3.87. The molecule has 0 radical (unpaired) electrons. The van der Waals surface area contributed by atoms with Gasteiger partial charge in [-0.05, 0) is 24.1 Å². The maximum atomic E-state index is 12.0. The SMILES string of the molecule is CCc1c(C#N)cc(OC(F)F)cc1C(=O)O. The number of hydrogen-bond donors (Lipinski definition) is 1. The lowest BCUT2D eigenvalue weighted by molar-refractivity contribution is -0.0499. The number of ether oxygens (including phenoxy) is 1. The Balaban J connectivity index is 3.36. The quantitative estimate of drug-likeness (QED) is 0.878. The summed E-state index contributed by atoms with van der Waals surface area (Å²) in [5, 5.41) is 17.8. The molecule has 0 saturated carbocycles. The van der Waals surface area contributed by atoms with Crippen LogP contribution in [0.2, 0.25) is 0 Å². The van der Waals surface area contributed by atoms with Gasteiger partial charge in [0, 0.05) is 0 Å². The number of nitrogens with zero attached hydrogens (tertiary/aromatic N) is 1. The Kier molecular flexibility index (Phi) is 3.99. The third kappa shape index (κ3) is 2.91. The van der Waals surface area contributed by atoms with Crippen LogP contribution < -0.4 is 4.74 Å². The predicted molar refractivity (Wildman–Crippen MR) is 54.1 cm³/mol. The molecule has 4 nitrogen and oxygen atoms in total. The first-order valence-electron chi connectivity index (χ1n) is 4.74. The van der Waals surface area contributed by atoms with Gasteiger partial charge in [0.1, 0.15) is 5.75 Å². The topological polar surface area (TPSA) is 70.3 Å². The summed E-state index contributed by atoms with van der Waals surface area (Å²) < 4.78 is 28.1. The summed E-state index contributed by atoms with van der Waals surface area (Å²) in [4.78, 5) is 10.9. The van der Waals surface area contributed by atoms with E-state index < -0.39 is 12.6 Å². The number of aromatic carboxylic acids is 1. The van der Waals surface area contributed by atoms with Crippen LogP contribution in [0.1, 0.15) is 28.4 Å². The van der Waals surface area contributed by atoms with Crippen molar-refractivity contribution < 1.29 is 23.4 Å². The van der Waals surface area contributed by atoms with Gasteiger partial charge in [-0.15, -0.1) is 0 Å². The summed E-state index contributed by atoms with van der Waals surface area (Å²) in [7, 11) is 0. The molecule has 17 heavy (non-hydrogen) atoms. The molecule has 1 N–H and O–H groups in total. The van der Waals surface area contributed by atoms with Crippen LogP contribution in [0.15, 0.2) is 12.1 Å². The average molecular weight is 241 g/mol. The number of rotatable bonds is 4. The minimum absolute atomic E-state index is 0.0306. The first-order chi connectivity index (χ1) is 7.99. The number of carboxylic acid groups (broad SMARTS) is 1. The average Bonchev–Trinajstić information content (AvgIpc) is 2.26. The Labute approximate surface area is 96.0 Å². The molecule has 1 aromatic rings. The van der Waals surface area contributed by atoms with E-state index >= 15 is 0 Å². The van der Waals surface area contributed by atoms with E-state index in [1.165, 1.54) is 0 Å². The van der Waals surface area contributed by atoms with Crippen LogP contribution >= 0.6 is 0 Å². The van der Waals surface area contributed by atoms with Crippen LogP contribution in [0.5, 0.6) is 5.75 Å². The number of nitriles is 1. The molecule has 0 saturated heterocycles. The van der Waals surface area contributed by atoms with Gasteiger partial charge in [-0.2, -0.15) is 14.0 Å². The van der Waals surface area contributed by atoms with Gasteiger partial charge in [0.15, 0.2) is 0 Å². The van der Waals surface area contributed by atoms with E-state index in [-0.39, 0.29) is 16.9 Å². The van der Waals surface area contributed by atoms with Crippen LogP contribution in [0.25, 0.3) is 0 Å². The predicted octanol–water partition coefficient (Wildman–Crippen LogP) is 2.42. The standard InChI is InChI=1S/C11H9F2NO3/c1-2-8-6(5-14)3-7(17-11(12)13)4-9(8)10(15)16/h3-4,11H,2H2,1H3,(H,15,16). The fourth-order valence-corrected chi connectivity index (χ4v) is 1.49. The van der Waals surface area contributed by atoms with Gasteiger partial charge < -0.3 is 9.84 Å². The highest BCUT2D eigenvalue weighted by atomic mass is 19.3. The Morgan fingerprint density at radius 3 is 2.65 bits per heavy atom. The van der Waals surface area contributed by atoms with Crippen molar-refractivity contribution in [2.75, 3.05) is 0 Å². The molecule has 0 aliphatic heterocycles. The monoisotopic (exact) mass is 241 g/mol. The zero-order valence-electron chi connectivity index (χ0n) is 8.91. The fourth-order valence-electron chi connectivity index (χ4n) is 1.49. The molecule has 0 aliphatic carbocycles. The van der Waals surface area contributed by atoms with E-state index in [1.807, 2.05) is 0 Å². The summed E-state index contributed by atoms with van der Waals surface area (Å²) >= 11 is 0. The Morgan fingerprint density at radius 1 is 1.59 bits per heavy atom. The number of carboxylic acids is 1. The number of carbonyl (C=O) groups is 1. The Hall–Kier alpha value is -2.16. The van der Waals surface area contributed by atoms with Crippen molar-refractivity contribution >= 4 is 5.97 Å². The van der Waals surface area contributed by atoms with Gasteiger partial charge in [0.05, 0.1) is 17.2 Å². The zero-order valence-corrected chi connectivity index (χ0v) is 8.91. The molecule has 1 aromatic carbocycles. The summed E-state index contributed by atoms with van der Waals surface area (Å²) in [5.74, 6) is -1.61. The first kappa shape index (κ1) is 12.9. The zero-order chi connectivity index (χ0) is 13.0. The summed E-state index contributed by atoms with van der Waals surface area (Å²) in [5.41, 5.74) is 0.145. The van der Waals surface area contributed by atoms with E-state index in [0.29, 0.717) is 12.0 Å². The highest BCUT2D eigenvalue weighted by Crippen LogP contribution is 2.24. The molecular formula is C11H9F2NO3. The van der Waals surface area contributed by atoms with E-state index in [1.54, 1.807) is 13.0 Å². The van der Waals surface area contributed by atoms with E-state index in [4.69, 9.17) is 10.4 Å². The van der Waals surface area contributed by atoms with Crippen LogP contribution in [-0.4, -0.2) is 17.7 Å². The molecule has 0 aromatic heterocycles. The van der Waals surface area contributed by atoms with Gasteiger partial charge in [-0.25, -0.2) is 4.79 Å². The highest BCUT2D eigenvalue weighted by molar-refractivity contribution is 5.90. The maximum absolute atomic E-state index is 12.0. The van der Waals surface area contributed by atoms with E-state index in [0.717, 1.165) is 12.1 Å². The molecular weight excluding hydrogens is 232 g/mol. The van der Waals surface area contributed by atoms with Gasteiger partial charge in [0.25, 0.3) is 0 Å². The van der Waals surface area contributed by atoms with Gasteiger partial charge in [-0.3, -0.25) is 0 Å². The van der Waals surface area contributed by atoms with E-state index in [9.17, 15) is 13.6 Å². The second kappa shape index (κ2) is 5.25. The van der Waals surface area contributed by atoms with Crippen molar-refractivity contribution in [1.29, 1.82) is 5.26 Å².